The Labute approximate surface area is 121 Å². The van der Waals surface area contributed by atoms with Crippen molar-refractivity contribution in [2.75, 3.05) is 20.4 Å². The van der Waals surface area contributed by atoms with Gasteiger partial charge < -0.3 is 0 Å². The Morgan fingerprint density at radius 2 is 1.75 bits per heavy atom. The van der Waals surface area contributed by atoms with Crippen LogP contribution in [0.5, 0.6) is 0 Å². The molecule has 2 aliphatic heterocycles. The van der Waals surface area contributed by atoms with Gasteiger partial charge >= 0.3 is 0 Å². The Hall–Kier alpha value is -1.37. The minimum atomic E-state index is -0.678. The highest BCUT2D eigenvalue weighted by Crippen LogP contribution is 2.43. The monoisotopic (exact) mass is 292 g/mol. The molecule has 3 atom stereocenters. The smallest absolute Gasteiger partial charge is 0.261 e. The number of hydroxylamine groups is 2. The van der Waals surface area contributed by atoms with E-state index in [9.17, 15) is 9.59 Å². The molecular weight excluding hydrogens is 276 g/mol. The maximum Gasteiger partial charge on any atom is 0.261 e. The Balaban J connectivity index is 1.96. The van der Waals surface area contributed by atoms with Gasteiger partial charge in [0.05, 0.1) is 12.0 Å². The van der Waals surface area contributed by atoms with Gasteiger partial charge in [0.1, 0.15) is 0 Å². The second kappa shape index (κ2) is 4.87. The first-order chi connectivity index (χ1) is 9.54. The largest absolute Gasteiger partial charge is 0.284 e. The molecule has 20 heavy (non-hydrogen) atoms. The number of carbonyl (C=O) groups is 2. The SMILES string of the molecule is CSc1ccc([C@@H]2[C@H]3C(=O)N(C)C(=O)[C@H]3ON2C)cc1. The van der Waals surface area contributed by atoms with Crippen LogP contribution in [0.4, 0.5) is 0 Å². The summed E-state index contributed by atoms with van der Waals surface area (Å²) in [5.41, 5.74) is 0.995. The van der Waals surface area contributed by atoms with Gasteiger partial charge in [0.15, 0.2) is 6.10 Å². The Bertz CT molecular complexity index is 560. The molecule has 3 rings (SSSR count). The van der Waals surface area contributed by atoms with E-state index in [0.717, 1.165) is 10.5 Å². The lowest BCUT2D eigenvalue weighted by Crippen LogP contribution is -2.33. The maximum atomic E-state index is 12.2. The lowest BCUT2D eigenvalue weighted by molar-refractivity contribution is -0.168. The van der Waals surface area contributed by atoms with Crippen LogP contribution in [0.3, 0.4) is 0 Å². The number of fused-ring (bicyclic) bond motifs is 1. The predicted octanol–water partition coefficient (Wildman–Crippen LogP) is 1.31. The fourth-order valence-corrected chi connectivity index (χ4v) is 3.31. The minimum absolute atomic E-state index is 0.164. The van der Waals surface area contributed by atoms with Crippen molar-refractivity contribution < 1.29 is 14.4 Å². The Kier molecular flexibility index (Phi) is 3.32. The molecule has 0 radical (unpaired) electrons. The molecular formula is C14H16N2O3S. The highest BCUT2D eigenvalue weighted by molar-refractivity contribution is 7.98. The molecule has 0 aliphatic carbocycles. The van der Waals surface area contributed by atoms with Gasteiger partial charge in [-0.25, -0.2) is 0 Å². The van der Waals surface area contributed by atoms with Crippen LogP contribution in [0.15, 0.2) is 29.2 Å². The van der Waals surface area contributed by atoms with E-state index in [2.05, 4.69) is 0 Å². The Morgan fingerprint density at radius 1 is 1.10 bits per heavy atom. The van der Waals surface area contributed by atoms with E-state index in [1.54, 1.807) is 23.9 Å². The number of likely N-dealkylation sites (N-methyl/N-ethyl adjacent to an activating group) is 1. The molecule has 6 heteroatoms. The summed E-state index contributed by atoms with van der Waals surface area (Å²) in [4.78, 5) is 32.1. The van der Waals surface area contributed by atoms with E-state index in [1.807, 2.05) is 30.5 Å². The quantitative estimate of drug-likeness (QED) is 0.607. The highest BCUT2D eigenvalue weighted by atomic mass is 32.2. The van der Waals surface area contributed by atoms with Crippen LogP contribution >= 0.6 is 11.8 Å². The van der Waals surface area contributed by atoms with E-state index < -0.39 is 12.0 Å². The summed E-state index contributed by atoms with van der Waals surface area (Å²) < 4.78 is 0. The van der Waals surface area contributed by atoms with Gasteiger partial charge in [0.2, 0.25) is 5.91 Å². The Morgan fingerprint density at radius 3 is 2.35 bits per heavy atom. The summed E-state index contributed by atoms with van der Waals surface area (Å²) in [5.74, 6) is -0.865. The number of carbonyl (C=O) groups excluding carboxylic acids is 2. The van der Waals surface area contributed by atoms with Gasteiger partial charge in [0, 0.05) is 19.0 Å². The van der Waals surface area contributed by atoms with Crippen LogP contribution in [0.25, 0.3) is 0 Å². The summed E-state index contributed by atoms with van der Waals surface area (Å²) in [6.07, 6.45) is 1.34. The van der Waals surface area contributed by atoms with Gasteiger partial charge in [-0.1, -0.05) is 12.1 Å². The normalized spacial score (nSPS) is 30.1. The van der Waals surface area contributed by atoms with Gasteiger partial charge in [-0.05, 0) is 24.0 Å². The molecule has 2 aliphatic rings. The molecule has 5 nitrogen and oxygen atoms in total. The number of rotatable bonds is 2. The number of hydrogen-bond acceptors (Lipinski definition) is 5. The van der Waals surface area contributed by atoms with Crippen LogP contribution < -0.4 is 0 Å². The zero-order valence-electron chi connectivity index (χ0n) is 11.6. The number of likely N-dealkylation sites (tertiary alicyclic amines) is 1. The van der Waals surface area contributed by atoms with Crippen LogP contribution in [-0.4, -0.2) is 48.2 Å². The van der Waals surface area contributed by atoms with E-state index in [4.69, 9.17) is 4.84 Å². The molecule has 0 unspecified atom stereocenters. The second-order valence-corrected chi connectivity index (χ2v) is 5.93. The molecule has 1 aromatic carbocycles. The van der Waals surface area contributed by atoms with E-state index >= 15 is 0 Å². The topological polar surface area (TPSA) is 49.9 Å². The minimum Gasteiger partial charge on any atom is -0.284 e. The van der Waals surface area contributed by atoms with E-state index in [0.29, 0.717) is 0 Å². The third kappa shape index (κ3) is 1.87. The average Bonchev–Trinajstić information content (AvgIpc) is 2.90. The van der Waals surface area contributed by atoms with Crippen LogP contribution in [0, 0.1) is 5.92 Å². The summed E-state index contributed by atoms with van der Waals surface area (Å²) in [6.45, 7) is 0. The third-order valence-corrected chi connectivity index (χ3v) is 4.73. The lowest BCUT2D eigenvalue weighted by Gasteiger charge is -2.22. The van der Waals surface area contributed by atoms with Crippen LogP contribution in [0.1, 0.15) is 11.6 Å². The molecule has 0 saturated carbocycles. The molecule has 0 spiro atoms. The molecule has 2 amide bonds. The van der Waals surface area contributed by atoms with Gasteiger partial charge in [-0.2, -0.15) is 5.06 Å². The maximum absolute atomic E-state index is 12.2. The van der Waals surface area contributed by atoms with Crippen molar-refractivity contribution >= 4 is 23.6 Å². The molecule has 2 heterocycles. The second-order valence-electron chi connectivity index (χ2n) is 5.05. The zero-order chi connectivity index (χ0) is 14.4. The molecule has 2 fully saturated rings. The van der Waals surface area contributed by atoms with Crippen molar-refractivity contribution in [2.24, 2.45) is 5.92 Å². The third-order valence-electron chi connectivity index (χ3n) is 3.98. The van der Waals surface area contributed by atoms with Crippen molar-refractivity contribution in [1.82, 2.24) is 9.96 Å². The first-order valence-electron chi connectivity index (χ1n) is 6.39. The summed E-state index contributed by atoms with van der Waals surface area (Å²) in [7, 11) is 3.28. The average molecular weight is 292 g/mol. The summed E-state index contributed by atoms with van der Waals surface area (Å²) in [6, 6.07) is 7.82. The van der Waals surface area contributed by atoms with Gasteiger partial charge in [-0.3, -0.25) is 19.3 Å². The zero-order valence-corrected chi connectivity index (χ0v) is 12.4. The van der Waals surface area contributed by atoms with Crippen molar-refractivity contribution in [3.63, 3.8) is 0 Å². The standard InChI is InChI=1S/C14H16N2O3S/c1-15-13(17)10-11(16(2)19-12(10)14(15)18)8-4-6-9(20-3)7-5-8/h4-7,10-12H,1-3H3/t10-,11-,12+/m1/s1. The fourth-order valence-electron chi connectivity index (χ4n) is 2.91. The lowest BCUT2D eigenvalue weighted by atomic mass is 9.91. The van der Waals surface area contributed by atoms with E-state index in [1.165, 1.54) is 11.9 Å². The number of imide groups is 1. The van der Waals surface area contributed by atoms with Crippen molar-refractivity contribution in [3.05, 3.63) is 29.8 Å². The van der Waals surface area contributed by atoms with Crippen molar-refractivity contribution in [3.8, 4) is 0 Å². The predicted molar refractivity (Wildman–Crippen MR) is 74.9 cm³/mol. The molecule has 1 aromatic rings. The van der Waals surface area contributed by atoms with E-state index in [-0.39, 0.29) is 17.9 Å². The first-order valence-corrected chi connectivity index (χ1v) is 7.62. The van der Waals surface area contributed by atoms with Crippen LogP contribution in [-0.2, 0) is 14.4 Å². The molecule has 2 saturated heterocycles. The van der Waals surface area contributed by atoms with Crippen LogP contribution in [0.2, 0.25) is 0 Å². The number of nitrogens with zero attached hydrogens (tertiary/aromatic N) is 2. The molecule has 0 N–H and O–H groups in total. The van der Waals surface area contributed by atoms with Gasteiger partial charge in [0.25, 0.3) is 5.91 Å². The number of benzene rings is 1. The van der Waals surface area contributed by atoms with Gasteiger partial charge in [-0.15, -0.1) is 11.8 Å². The summed E-state index contributed by atoms with van der Waals surface area (Å²) >= 11 is 1.67. The molecule has 0 aromatic heterocycles. The number of hydrogen-bond donors (Lipinski definition) is 0. The number of amides is 2. The van der Waals surface area contributed by atoms with Crippen molar-refractivity contribution in [1.29, 1.82) is 0 Å². The molecule has 106 valence electrons. The fraction of sp³-hybridized carbons (Fsp3) is 0.429. The highest BCUT2D eigenvalue weighted by Gasteiger charge is 2.57. The summed E-state index contributed by atoms with van der Waals surface area (Å²) in [5, 5.41) is 1.63. The van der Waals surface area contributed by atoms with Crippen molar-refractivity contribution in [2.45, 2.75) is 17.0 Å². The first kappa shape index (κ1) is 13.6. The number of thioether (sulfide) groups is 1. The molecule has 0 bridgehead atoms.